The number of nitrogens with one attached hydrogen (secondary N) is 2. The summed E-state index contributed by atoms with van der Waals surface area (Å²) in [6.45, 7) is 5.59. The first-order valence-electron chi connectivity index (χ1n) is 10.2. The third kappa shape index (κ3) is 6.77. The van der Waals surface area contributed by atoms with Crippen molar-refractivity contribution in [2.75, 3.05) is 30.5 Å². The Morgan fingerprint density at radius 2 is 1.83 bits per heavy atom. The van der Waals surface area contributed by atoms with Crippen molar-refractivity contribution in [2.45, 2.75) is 32.8 Å². The maximum absolute atomic E-state index is 12.5. The summed E-state index contributed by atoms with van der Waals surface area (Å²) in [6, 6.07) is 13.9. The molecule has 0 saturated carbocycles. The maximum Gasteiger partial charge on any atom is 0.411 e. The number of rotatable bonds is 8. The third-order valence-electron chi connectivity index (χ3n) is 4.49. The molecule has 0 spiro atoms. The molecule has 0 bridgehead atoms. The lowest BCUT2D eigenvalue weighted by molar-refractivity contribution is 0.0679. The number of hydrogen-bond acceptors (Lipinski definition) is 5. The average Bonchev–Trinajstić information content (AvgIpc) is 3.25. The predicted molar refractivity (Wildman–Crippen MR) is 115 cm³/mol. The molecular weight excluding hydrogens is 384 g/mol. The van der Waals surface area contributed by atoms with Crippen LogP contribution >= 0.6 is 0 Å². The zero-order valence-electron chi connectivity index (χ0n) is 17.4. The molecule has 1 unspecified atom stereocenters. The average molecular weight is 412 g/mol. The van der Waals surface area contributed by atoms with Gasteiger partial charge in [-0.25, -0.2) is 4.79 Å². The van der Waals surface area contributed by atoms with Gasteiger partial charge in [-0.3, -0.25) is 10.1 Å². The molecule has 1 atom stereocenters. The monoisotopic (exact) mass is 412 g/mol. The molecular formula is C23H28N2O5. The molecule has 1 heterocycles. The molecule has 0 aromatic heterocycles. The van der Waals surface area contributed by atoms with E-state index in [1.54, 1.807) is 48.5 Å². The van der Waals surface area contributed by atoms with Crippen molar-refractivity contribution in [3.05, 3.63) is 54.1 Å². The van der Waals surface area contributed by atoms with E-state index in [1.165, 1.54) is 0 Å². The molecule has 0 radical (unpaired) electrons. The maximum atomic E-state index is 12.5. The number of amides is 2. The van der Waals surface area contributed by atoms with Gasteiger partial charge < -0.3 is 19.5 Å². The van der Waals surface area contributed by atoms with Crippen LogP contribution in [-0.2, 0) is 9.47 Å². The first kappa shape index (κ1) is 21.6. The second kappa shape index (κ2) is 10.6. The summed E-state index contributed by atoms with van der Waals surface area (Å²) < 4.78 is 16.4. The van der Waals surface area contributed by atoms with Gasteiger partial charge in [-0.15, -0.1) is 0 Å². The van der Waals surface area contributed by atoms with Gasteiger partial charge in [0.1, 0.15) is 12.4 Å². The number of hydrogen-bond donors (Lipinski definition) is 2. The standard InChI is InChI=1S/C23H28N2O5/c1-16(2)14-30-23(27)25-19-6-3-5-18(13-19)24-22(26)17-8-10-20(11-9-17)29-15-21-7-4-12-28-21/h3,5-6,8-11,13,16,21H,4,7,12,14-15H2,1-2H3,(H,24,26)(H,25,27). The van der Waals surface area contributed by atoms with Gasteiger partial charge >= 0.3 is 6.09 Å². The Morgan fingerprint density at radius 1 is 1.10 bits per heavy atom. The van der Waals surface area contributed by atoms with E-state index >= 15 is 0 Å². The molecule has 1 aliphatic heterocycles. The Hall–Kier alpha value is -3.06. The van der Waals surface area contributed by atoms with Gasteiger partial charge in [0.25, 0.3) is 5.91 Å². The van der Waals surface area contributed by atoms with Crippen molar-refractivity contribution in [2.24, 2.45) is 5.92 Å². The number of carbonyl (C=O) groups is 2. The van der Waals surface area contributed by atoms with E-state index in [-0.39, 0.29) is 17.9 Å². The van der Waals surface area contributed by atoms with Crippen molar-refractivity contribution in [1.82, 2.24) is 0 Å². The first-order valence-corrected chi connectivity index (χ1v) is 10.2. The van der Waals surface area contributed by atoms with E-state index in [1.807, 2.05) is 13.8 Å². The summed E-state index contributed by atoms with van der Waals surface area (Å²) in [5.74, 6) is 0.711. The topological polar surface area (TPSA) is 85.9 Å². The molecule has 30 heavy (non-hydrogen) atoms. The SMILES string of the molecule is CC(C)COC(=O)Nc1cccc(NC(=O)c2ccc(OCC3CCCO3)cc2)c1. The summed E-state index contributed by atoms with van der Waals surface area (Å²) >= 11 is 0. The highest BCUT2D eigenvalue weighted by atomic mass is 16.5. The largest absolute Gasteiger partial charge is 0.491 e. The molecule has 2 aromatic rings. The Morgan fingerprint density at radius 3 is 2.50 bits per heavy atom. The Balaban J connectivity index is 1.51. The van der Waals surface area contributed by atoms with Crippen LogP contribution in [0.15, 0.2) is 48.5 Å². The summed E-state index contributed by atoms with van der Waals surface area (Å²) in [5.41, 5.74) is 1.62. The van der Waals surface area contributed by atoms with Gasteiger partial charge in [0.15, 0.2) is 0 Å². The van der Waals surface area contributed by atoms with Crippen LogP contribution in [0.4, 0.5) is 16.2 Å². The van der Waals surface area contributed by atoms with Gasteiger partial charge in [-0.2, -0.15) is 0 Å². The van der Waals surface area contributed by atoms with Crippen LogP contribution in [0, 0.1) is 5.92 Å². The normalized spacial score (nSPS) is 15.6. The highest BCUT2D eigenvalue weighted by Gasteiger charge is 2.16. The quantitative estimate of drug-likeness (QED) is 0.656. The van der Waals surface area contributed by atoms with Crippen LogP contribution in [0.5, 0.6) is 5.75 Å². The van der Waals surface area contributed by atoms with Gasteiger partial charge in [0.05, 0.1) is 12.7 Å². The van der Waals surface area contributed by atoms with Crippen LogP contribution < -0.4 is 15.4 Å². The fourth-order valence-electron chi connectivity index (χ4n) is 2.94. The summed E-state index contributed by atoms with van der Waals surface area (Å²) in [5, 5.41) is 5.48. The fourth-order valence-corrected chi connectivity index (χ4v) is 2.94. The molecule has 2 amide bonds. The zero-order valence-corrected chi connectivity index (χ0v) is 17.4. The van der Waals surface area contributed by atoms with E-state index < -0.39 is 6.09 Å². The molecule has 2 aromatic carbocycles. The van der Waals surface area contributed by atoms with Gasteiger partial charge in [0, 0.05) is 23.5 Å². The third-order valence-corrected chi connectivity index (χ3v) is 4.49. The van der Waals surface area contributed by atoms with E-state index in [2.05, 4.69) is 10.6 Å². The molecule has 7 nitrogen and oxygen atoms in total. The minimum atomic E-state index is -0.522. The smallest absolute Gasteiger partial charge is 0.411 e. The zero-order chi connectivity index (χ0) is 21.3. The van der Waals surface area contributed by atoms with E-state index in [4.69, 9.17) is 14.2 Å². The van der Waals surface area contributed by atoms with Crippen molar-refractivity contribution >= 4 is 23.4 Å². The van der Waals surface area contributed by atoms with Crippen LogP contribution in [0.25, 0.3) is 0 Å². The second-order valence-corrected chi connectivity index (χ2v) is 7.62. The van der Waals surface area contributed by atoms with Gasteiger partial charge in [0.2, 0.25) is 0 Å². The summed E-state index contributed by atoms with van der Waals surface area (Å²) in [7, 11) is 0. The molecule has 7 heteroatoms. The molecule has 160 valence electrons. The van der Waals surface area contributed by atoms with Crippen molar-refractivity contribution < 1.29 is 23.8 Å². The van der Waals surface area contributed by atoms with Crippen LogP contribution in [-0.4, -0.2) is 37.9 Å². The number of carbonyl (C=O) groups excluding carboxylic acids is 2. The van der Waals surface area contributed by atoms with Crippen LogP contribution in [0.1, 0.15) is 37.0 Å². The van der Waals surface area contributed by atoms with E-state index in [0.29, 0.717) is 35.9 Å². The lowest BCUT2D eigenvalue weighted by atomic mass is 10.2. The van der Waals surface area contributed by atoms with Crippen molar-refractivity contribution in [1.29, 1.82) is 0 Å². The van der Waals surface area contributed by atoms with Crippen LogP contribution in [0.3, 0.4) is 0 Å². The molecule has 1 saturated heterocycles. The van der Waals surface area contributed by atoms with Crippen LogP contribution in [0.2, 0.25) is 0 Å². The Bertz CT molecular complexity index is 845. The second-order valence-electron chi connectivity index (χ2n) is 7.62. The summed E-state index contributed by atoms with van der Waals surface area (Å²) in [4.78, 5) is 24.3. The van der Waals surface area contributed by atoms with Gasteiger partial charge in [-0.05, 0) is 61.2 Å². The minimum absolute atomic E-state index is 0.150. The van der Waals surface area contributed by atoms with Gasteiger partial charge in [-0.1, -0.05) is 19.9 Å². The molecule has 1 aliphatic rings. The lowest BCUT2D eigenvalue weighted by Gasteiger charge is -2.12. The Labute approximate surface area is 176 Å². The molecule has 1 fully saturated rings. The number of ether oxygens (including phenoxy) is 3. The molecule has 0 aliphatic carbocycles. The minimum Gasteiger partial charge on any atom is -0.491 e. The lowest BCUT2D eigenvalue weighted by Crippen LogP contribution is -2.17. The Kier molecular flexibility index (Phi) is 7.68. The molecule has 2 N–H and O–H groups in total. The van der Waals surface area contributed by atoms with E-state index in [9.17, 15) is 9.59 Å². The fraction of sp³-hybridized carbons (Fsp3) is 0.391. The molecule has 3 rings (SSSR count). The highest BCUT2D eigenvalue weighted by Crippen LogP contribution is 2.19. The van der Waals surface area contributed by atoms with Crippen molar-refractivity contribution in [3.63, 3.8) is 0 Å². The number of benzene rings is 2. The number of anilines is 2. The van der Waals surface area contributed by atoms with Crippen molar-refractivity contribution in [3.8, 4) is 5.75 Å². The highest BCUT2D eigenvalue weighted by molar-refractivity contribution is 6.04. The summed E-state index contributed by atoms with van der Waals surface area (Å²) in [6.07, 6.45) is 1.72. The first-order chi connectivity index (χ1) is 14.5. The predicted octanol–water partition coefficient (Wildman–Crippen LogP) is 4.70. The van der Waals surface area contributed by atoms with E-state index in [0.717, 1.165) is 19.4 Å².